The van der Waals surface area contributed by atoms with Gasteiger partial charge in [-0.15, -0.1) is 0 Å². The van der Waals surface area contributed by atoms with Gasteiger partial charge in [0.15, 0.2) is 11.6 Å². The zero-order valence-electron chi connectivity index (χ0n) is 11.8. The first kappa shape index (κ1) is 16.4. The van der Waals surface area contributed by atoms with Gasteiger partial charge >= 0.3 is 0 Å². The van der Waals surface area contributed by atoms with Crippen LogP contribution in [0.3, 0.4) is 0 Å². The number of benzene rings is 2. The molecular formula is C15H15F2NO3S. The molecule has 118 valence electrons. The summed E-state index contributed by atoms with van der Waals surface area (Å²) in [6, 6.07) is 9.20. The van der Waals surface area contributed by atoms with Crippen molar-refractivity contribution in [2.45, 2.75) is 11.3 Å². The molecule has 0 unspecified atom stereocenters. The van der Waals surface area contributed by atoms with Crippen LogP contribution in [0, 0.1) is 11.6 Å². The summed E-state index contributed by atoms with van der Waals surface area (Å²) in [5.74, 6) is -1.12. The van der Waals surface area contributed by atoms with Gasteiger partial charge in [-0.3, -0.25) is 0 Å². The molecule has 0 saturated heterocycles. The van der Waals surface area contributed by atoms with Gasteiger partial charge in [-0.2, -0.15) is 0 Å². The monoisotopic (exact) mass is 327 g/mol. The van der Waals surface area contributed by atoms with E-state index in [2.05, 4.69) is 4.72 Å². The summed E-state index contributed by atoms with van der Waals surface area (Å²) in [4.78, 5) is -0.176. The van der Waals surface area contributed by atoms with Gasteiger partial charge in [-0.1, -0.05) is 12.1 Å². The van der Waals surface area contributed by atoms with E-state index in [1.165, 1.54) is 31.4 Å². The molecule has 0 radical (unpaired) electrons. The molecule has 1 N–H and O–H groups in total. The van der Waals surface area contributed by atoms with E-state index in [0.717, 1.165) is 11.6 Å². The van der Waals surface area contributed by atoms with Crippen LogP contribution >= 0.6 is 0 Å². The van der Waals surface area contributed by atoms with Gasteiger partial charge in [0.1, 0.15) is 5.82 Å². The Bertz CT molecular complexity index is 746. The first-order valence-corrected chi connectivity index (χ1v) is 7.98. The molecule has 0 fully saturated rings. The summed E-state index contributed by atoms with van der Waals surface area (Å²) in [6.45, 7) is 0.127. The lowest BCUT2D eigenvalue weighted by Gasteiger charge is -2.08. The smallest absolute Gasteiger partial charge is 0.240 e. The van der Waals surface area contributed by atoms with E-state index >= 15 is 0 Å². The third-order valence-corrected chi connectivity index (χ3v) is 4.51. The van der Waals surface area contributed by atoms with Crippen molar-refractivity contribution in [3.05, 3.63) is 59.7 Å². The van der Waals surface area contributed by atoms with Gasteiger partial charge in [0, 0.05) is 6.54 Å². The highest BCUT2D eigenvalue weighted by Crippen LogP contribution is 2.20. The van der Waals surface area contributed by atoms with Crippen molar-refractivity contribution in [2.24, 2.45) is 0 Å². The van der Waals surface area contributed by atoms with Crippen LogP contribution in [-0.4, -0.2) is 22.1 Å². The lowest BCUT2D eigenvalue weighted by Crippen LogP contribution is -2.26. The SMILES string of the molecule is COc1ccc(S(=O)(=O)NCCc2ccc(F)cc2)cc1F. The van der Waals surface area contributed by atoms with Crippen LogP contribution in [0.2, 0.25) is 0 Å². The second-order valence-corrected chi connectivity index (χ2v) is 6.34. The largest absolute Gasteiger partial charge is 0.494 e. The molecule has 0 aromatic heterocycles. The third-order valence-electron chi connectivity index (χ3n) is 3.05. The van der Waals surface area contributed by atoms with Crippen LogP contribution in [0.15, 0.2) is 47.4 Å². The van der Waals surface area contributed by atoms with Gasteiger partial charge in [0.05, 0.1) is 12.0 Å². The predicted molar refractivity (Wildman–Crippen MR) is 78.2 cm³/mol. The molecule has 0 saturated carbocycles. The maximum Gasteiger partial charge on any atom is 0.240 e. The van der Waals surface area contributed by atoms with E-state index in [-0.39, 0.29) is 23.0 Å². The zero-order chi connectivity index (χ0) is 16.2. The average molecular weight is 327 g/mol. The fourth-order valence-electron chi connectivity index (χ4n) is 1.88. The Kier molecular flexibility index (Phi) is 5.10. The molecule has 0 aliphatic carbocycles. The standard InChI is InChI=1S/C15H15F2NO3S/c1-21-15-7-6-13(10-14(15)17)22(19,20)18-9-8-11-2-4-12(16)5-3-11/h2-7,10,18H,8-9H2,1H3. The number of hydrogen-bond acceptors (Lipinski definition) is 3. The average Bonchev–Trinajstić information content (AvgIpc) is 2.49. The fourth-order valence-corrected chi connectivity index (χ4v) is 2.92. The topological polar surface area (TPSA) is 55.4 Å². The number of hydrogen-bond donors (Lipinski definition) is 1. The normalized spacial score (nSPS) is 11.4. The summed E-state index contributed by atoms with van der Waals surface area (Å²) >= 11 is 0. The van der Waals surface area contributed by atoms with Gasteiger partial charge in [0.2, 0.25) is 10.0 Å². The Balaban J connectivity index is 2.02. The highest BCUT2D eigenvalue weighted by Gasteiger charge is 2.16. The Hall–Kier alpha value is -1.99. The van der Waals surface area contributed by atoms with Crippen molar-refractivity contribution >= 4 is 10.0 Å². The molecule has 0 atom stereocenters. The molecule has 4 nitrogen and oxygen atoms in total. The van der Waals surface area contributed by atoms with Crippen molar-refractivity contribution in [3.63, 3.8) is 0 Å². The fraction of sp³-hybridized carbons (Fsp3) is 0.200. The van der Waals surface area contributed by atoms with Crippen molar-refractivity contribution < 1.29 is 21.9 Å². The molecule has 22 heavy (non-hydrogen) atoms. The first-order chi connectivity index (χ1) is 10.4. The van der Waals surface area contributed by atoms with Gasteiger partial charge in [-0.05, 0) is 42.3 Å². The Morgan fingerprint density at radius 3 is 2.36 bits per heavy atom. The maximum absolute atomic E-state index is 13.6. The summed E-state index contributed by atoms with van der Waals surface area (Å²) in [5.41, 5.74) is 0.796. The van der Waals surface area contributed by atoms with E-state index < -0.39 is 15.8 Å². The molecule has 2 aromatic carbocycles. The van der Waals surface area contributed by atoms with Crippen LogP contribution in [0.4, 0.5) is 8.78 Å². The minimum atomic E-state index is -3.81. The van der Waals surface area contributed by atoms with E-state index in [9.17, 15) is 17.2 Å². The van der Waals surface area contributed by atoms with Gasteiger partial charge in [0.25, 0.3) is 0 Å². The number of methoxy groups -OCH3 is 1. The van der Waals surface area contributed by atoms with Crippen LogP contribution < -0.4 is 9.46 Å². The minimum absolute atomic E-state index is 0.0229. The number of halogens is 2. The Morgan fingerprint density at radius 1 is 1.09 bits per heavy atom. The van der Waals surface area contributed by atoms with Crippen molar-refractivity contribution in [3.8, 4) is 5.75 Å². The molecule has 0 aliphatic heterocycles. The second-order valence-electron chi connectivity index (χ2n) is 4.57. The number of sulfonamides is 1. The lowest BCUT2D eigenvalue weighted by atomic mass is 10.1. The quantitative estimate of drug-likeness (QED) is 0.887. The van der Waals surface area contributed by atoms with E-state index in [4.69, 9.17) is 4.74 Å². The predicted octanol–water partition coefficient (Wildman–Crippen LogP) is 2.49. The highest BCUT2D eigenvalue weighted by atomic mass is 32.2. The Morgan fingerprint density at radius 2 is 1.77 bits per heavy atom. The molecular weight excluding hydrogens is 312 g/mol. The minimum Gasteiger partial charge on any atom is -0.494 e. The molecule has 2 aromatic rings. The number of ether oxygens (including phenoxy) is 1. The molecule has 2 rings (SSSR count). The molecule has 7 heteroatoms. The lowest BCUT2D eigenvalue weighted by molar-refractivity contribution is 0.385. The molecule has 0 heterocycles. The molecule has 0 aliphatic rings. The first-order valence-electron chi connectivity index (χ1n) is 6.50. The van der Waals surface area contributed by atoms with E-state index in [0.29, 0.717) is 6.42 Å². The summed E-state index contributed by atoms with van der Waals surface area (Å²) < 4.78 is 57.5. The molecule has 0 spiro atoms. The maximum atomic E-state index is 13.6. The van der Waals surface area contributed by atoms with Gasteiger partial charge < -0.3 is 4.74 Å². The summed E-state index contributed by atoms with van der Waals surface area (Å²) in [5, 5.41) is 0. The van der Waals surface area contributed by atoms with Crippen LogP contribution in [0.5, 0.6) is 5.75 Å². The summed E-state index contributed by atoms with van der Waals surface area (Å²) in [7, 11) is -2.51. The van der Waals surface area contributed by atoms with Crippen molar-refractivity contribution in [1.82, 2.24) is 4.72 Å². The van der Waals surface area contributed by atoms with Crippen LogP contribution in [-0.2, 0) is 16.4 Å². The van der Waals surface area contributed by atoms with E-state index in [1.807, 2.05) is 0 Å². The summed E-state index contributed by atoms with van der Waals surface area (Å²) in [6.07, 6.45) is 0.401. The highest BCUT2D eigenvalue weighted by molar-refractivity contribution is 7.89. The third kappa shape index (κ3) is 4.02. The van der Waals surface area contributed by atoms with E-state index in [1.54, 1.807) is 12.1 Å². The molecule has 0 amide bonds. The van der Waals surface area contributed by atoms with Crippen LogP contribution in [0.1, 0.15) is 5.56 Å². The van der Waals surface area contributed by atoms with Crippen LogP contribution in [0.25, 0.3) is 0 Å². The zero-order valence-corrected chi connectivity index (χ0v) is 12.7. The Labute approximate surface area is 127 Å². The molecule has 0 bridgehead atoms. The van der Waals surface area contributed by atoms with Crippen molar-refractivity contribution in [2.75, 3.05) is 13.7 Å². The van der Waals surface area contributed by atoms with Crippen molar-refractivity contribution in [1.29, 1.82) is 0 Å². The number of nitrogens with one attached hydrogen (secondary N) is 1. The van der Waals surface area contributed by atoms with Gasteiger partial charge in [-0.25, -0.2) is 21.9 Å². The second kappa shape index (κ2) is 6.85. The number of rotatable bonds is 6.